The van der Waals surface area contributed by atoms with Gasteiger partial charge in [-0.2, -0.15) is 0 Å². The van der Waals surface area contributed by atoms with Gasteiger partial charge in [0.15, 0.2) is 0 Å². The molecule has 0 radical (unpaired) electrons. The van der Waals surface area contributed by atoms with Crippen molar-refractivity contribution in [1.29, 1.82) is 0 Å². The van der Waals surface area contributed by atoms with Gasteiger partial charge in [0.1, 0.15) is 12.1 Å². The molecular formula is C14H27ClN6O4. The molecule has 144 valence electrons. The van der Waals surface area contributed by atoms with Crippen molar-refractivity contribution < 1.29 is 19.1 Å². The number of nitrogens with zero attached hydrogens (tertiary/aromatic N) is 5. The molecule has 2 fully saturated rings. The van der Waals surface area contributed by atoms with E-state index in [-0.39, 0.29) is 48.5 Å². The molecule has 2 aliphatic rings. The molecule has 0 spiro atoms. The zero-order valence-electron chi connectivity index (χ0n) is 15.0. The summed E-state index contributed by atoms with van der Waals surface area (Å²) in [6.45, 7) is 1.39. The van der Waals surface area contributed by atoms with E-state index in [1.165, 1.54) is 14.2 Å². The van der Waals surface area contributed by atoms with Crippen LogP contribution in [0.25, 0.3) is 10.4 Å². The first-order chi connectivity index (χ1) is 11.3. The molecule has 2 heterocycles. The van der Waals surface area contributed by atoms with Gasteiger partial charge < -0.3 is 15.2 Å². The standard InChI is InChI=1S/C7H12N4O2.C7H14N2O2.ClH/c1-11-4-5(9-10-8)3-6(11)7(12)13-2;1-9-4-5(8)3-6(9)7(10)11-2;/h5-6H,3-4H2,1-2H3;5-6H,3-4,8H2,1-2H3;1H/t5-,6-;5?,6-;/m00./s1. The van der Waals surface area contributed by atoms with Crippen LogP contribution in [0, 0.1) is 0 Å². The fourth-order valence-electron chi connectivity index (χ4n) is 2.99. The summed E-state index contributed by atoms with van der Waals surface area (Å²) in [5, 5.41) is 3.57. The van der Waals surface area contributed by atoms with E-state index in [0.717, 1.165) is 6.54 Å². The maximum Gasteiger partial charge on any atom is 0.323 e. The van der Waals surface area contributed by atoms with Crippen LogP contribution in [0.5, 0.6) is 0 Å². The molecule has 10 nitrogen and oxygen atoms in total. The first-order valence-corrected chi connectivity index (χ1v) is 7.69. The molecule has 2 N–H and O–H groups in total. The number of hydrogen-bond acceptors (Lipinski definition) is 8. The number of likely N-dealkylation sites (tertiary alicyclic amines) is 2. The minimum atomic E-state index is -0.266. The summed E-state index contributed by atoms with van der Waals surface area (Å²) in [5.74, 6) is -0.446. The van der Waals surface area contributed by atoms with Gasteiger partial charge in [-0.1, -0.05) is 5.11 Å². The van der Waals surface area contributed by atoms with Crippen molar-refractivity contribution in [3.63, 3.8) is 0 Å². The normalized spacial score (nSPS) is 28.8. The van der Waals surface area contributed by atoms with Crippen LogP contribution in [0.3, 0.4) is 0 Å². The summed E-state index contributed by atoms with van der Waals surface area (Å²) in [5.41, 5.74) is 13.9. The van der Waals surface area contributed by atoms with Crippen molar-refractivity contribution in [3.05, 3.63) is 10.4 Å². The Labute approximate surface area is 153 Å². The third-order valence-corrected chi connectivity index (χ3v) is 4.27. The SMILES string of the molecule is COC(=O)[C@@H]1CC(N)CN1C.COC(=O)[C@@H]1C[C@H](N=[N+]=[N-])CN1C.Cl. The zero-order valence-corrected chi connectivity index (χ0v) is 15.8. The van der Waals surface area contributed by atoms with Crippen LogP contribution in [0.1, 0.15) is 12.8 Å². The summed E-state index contributed by atoms with van der Waals surface area (Å²) in [6.07, 6.45) is 1.26. The van der Waals surface area contributed by atoms with Gasteiger partial charge in [-0.25, -0.2) is 0 Å². The molecular weight excluding hydrogens is 352 g/mol. The number of hydrogen-bond donors (Lipinski definition) is 1. The highest BCUT2D eigenvalue weighted by Gasteiger charge is 2.34. The largest absolute Gasteiger partial charge is 0.468 e. The van der Waals surface area contributed by atoms with Gasteiger partial charge in [0.05, 0.1) is 20.3 Å². The average Bonchev–Trinajstić information content (AvgIpc) is 3.08. The smallest absolute Gasteiger partial charge is 0.323 e. The Morgan fingerprint density at radius 3 is 1.96 bits per heavy atom. The third-order valence-electron chi connectivity index (χ3n) is 4.27. The van der Waals surface area contributed by atoms with E-state index in [9.17, 15) is 9.59 Å². The number of esters is 2. The Balaban J connectivity index is 0.000000449. The number of carbonyl (C=O) groups is 2. The number of carbonyl (C=O) groups excluding carboxylic acids is 2. The van der Waals surface area contributed by atoms with E-state index in [1.807, 2.05) is 23.9 Å². The van der Waals surface area contributed by atoms with Crippen LogP contribution >= 0.6 is 12.4 Å². The van der Waals surface area contributed by atoms with E-state index in [0.29, 0.717) is 19.4 Å². The first-order valence-electron chi connectivity index (χ1n) is 7.69. The molecule has 0 aromatic carbocycles. The average molecular weight is 379 g/mol. The fourth-order valence-corrected chi connectivity index (χ4v) is 2.99. The van der Waals surface area contributed by atoms with Crippen LogP contribution < -0.4 is 5.73 Å². The number of likely N-dealkylation sites (N-methyl/N-ethyl adjacent to an activating group) is 2. The molecule has 4 atom stereocenters. The number of rotatable bonds is 3. The highest BCUT2D eigenvalue weighted by Crippen LogP contribution is 2.19. The minimum absolute atomic E-state index is 0. The molecule has 2 aliphatic heterocycles. The van der Waals surface area contributed by atoms with Crippen molar-refractivity contribution in [2.75, 3.05) is 41.4 Å². The van der Waals surface area contributed by atoms with Crippen molar-refractivity contribution in [1.82, 2.24) is 9.80 Å². The zero-order chi connectivity index (χ0) is 18.3. The van der Waals surface area contributed by atoms with Crippen molar-refractivity contribution in [2.24, 2.45) is 10.8 Å². The lowest BCUT2D eigenvalue weighted by atomic mass is 10.2. The number of methoxy groups -OCH3 is 2. The van der Waals surface area contributed by atoms with E-state index >= 15 is 0 Å². The van der Waals surface area contributed by atoms with Gasteiger partial charge in [-0.3, -0.25) is 19.4 Å². The lowest BCUT2D eigenvalue weighted by Gasteiger charge is -2.15. The number of halogens is 1. The molecule has 0 saturated carbocycles. The van der Waals surface area contributed by atoms with Crippen LogP contribution in [0.15, 0.2) is 5.11 Å². The monoisotopic (exact) mass is 378 g/mol. The second-order valence-electron chi connectivity index (χ2n) is 6.05. The maximum atomic E-state index is 11.2. The highest BCUT2D eigenvalue weighted by molar-refractivity contribution is 5.85. The summed E-state index contributed by atoms with van der Waals surface area (Å²) in [6, 6.07) is -0.390. The van der Waals surface area contributed by atoms with E-state index < -0.39 is 0 Å². The molecule has 0 aliphatic carbocycles. The van der Waals surface area contributed by atoms with Crippen LogP contribution in [0.2, 0.25) is 0 Å². The van der Waals surface area contributed by atoms with Crippen LogP contribution in [-0.2, 0) is 19.1 Å². The molecule has 0 aromatic rings. The van der Waals surface area contributed by atoms with Gasteiger partial charge in [-0.15, -0.1) is 12.4 Å². The second kappa shape index (κ2) is 11.1. The number of ether oxygens (including phenoxy) is 2. The summed E-state index contributed by atoms with van der Waals surface area (Å²) in [4.78, 5) is 28.7. The summed E-state index contributed by atoms with van der Waals surface area (Å²) < 4.78 is 9.23. The van der Waals surface area contributed by atoms with Gasteiger partial charge in [0.2, 0.25) is 0 Å². The van der Waals surface area contributed by atoms with E-state index in [2.05, 4.69) is 19.5 Å². The molecule has 1 unspecified atom stereocenters. The minimum Gasteiger partial charge on any atom is -0.468 e. The van der Waals surface area contributed by atoms with Crippen LogP contribution in [-0.4, -0.2) is 87.3 Å². The fraction of sp³-hybridized carbons (Fsp3) is 0.857. The van der Waals surface area contributed by atoms with Crippen molar-refractivity contribution >= 4 is 24.3 Å². The van der Waals surface area contributed by atoms with E-state index in [1.54, 1.807) is 0 Å². The molecule has 0 bridgehead atoms. The van der Waals surface area contributed by atoms with Crippen LogP contribution in [0.4, 0.5) is 0 Å². The van der Waals surface area contributed by atoms with Gasteiger partial charge >= 0.3 is 11.9 Å². The van der Waals surface area contributed by atoms with Crippen molar-refractivity contribution in [3.8, 4) is 0 Å². The van der Waals surface area contributed by atoms with E-state index in [4.69, 9.17) is 11.3 Å². The summed E-state index contributed by atoms with van der Waals surface area (Å²) >= 11 is 0. The Bertz CT molecular complexity index is 502. The third kappa shape index (κ3) is 6.68. The maximum absolute atomic E-state index is 11.2. The molecule has 0 amide bonds. The predicted molar refractivity (Wildman–Crippen MR) is 94.3 cm³/mol. The topological polar surface area (TPSA) is 134 Å². The predicted octanol–water partition coefficient (Wildman–Crippen LogP) is 0.155. The molecule has 25 heavy (non-hydrogen) atoms. The number of nitrogens with two attached hydrogens (primary N) is 1. The Morgan fingerprint density at radius 1 is 1.08 bits per heavy atom. The summed E-state index contributed by atoms with van der Waals surface area (Å²) in [7, 11) is 6.46. The molecule has 2 rings (SSSR count). The molecule has 11 heteroatoms. The lowest BCUT2D eigenvalue weighted by Crippen LogP contribution is -2.33. The van der Waals surface area contributed by atoms with Gasteiger partial charge in [0.25, 0.3) is 0 Å². The Hall–Kier alpha value is -1.58. The van der Waals surface area contributed by atoms with Gasteiger partial charge in [0, 0.05) is 24.0 Å². The van der Waals surface area contributed by atoms with Gasteiger partial charge in [-0.05, 0) is 32.5 Å². The molecule has 0 aromatic heterocycles. The Morgan fingerprint density at radius 2 is 1.56 bits per heavy atom. The highest BCUT2D eigenvalue weighted by atomic mass is 35.5. The Kier molecular flexibility index (Phi) is 10.4. The van der Waals surface area contributed by atoms with Crippen molar-refractivity contribution in [2.45, 2.75) is 37.0 Å². The first kappa shape index (κ1) is 23.4. The quantitative estimate of drug-likeness (QED) is 0.320. The second-order valence-corrected chi connectivity index (χ2v) is 6.05. The lowest BCUT2D eigenvalue weighted by molar-refractivity contribution is -0.146. The molecule has 2 saturated heterocycles. The number of azide groups is 1.